The lowest BCUT2D eigenvalue weighted by atomic mass is 10.2. The van der Waals surface area contributed by atoms with Crippen LogP contribution in [0.2, 0.25) is 0 Å². The molecular weight excluding hydrogens is 242 g/mol. The molecule has 0 saturated heterocycles. The van der Waals surface area contributed by atoms with E-state index in [0.717, 1.165) is 15.9 Å². The van der Waals surface area contributed by atoms with Gasteiger partial charge in [0.2, 0.25) is 0 Å². The number of hydrazine groups is 1. The van der Waals surface area contributed by atoms with Crippen molar-refractivity contribution in [2.24, 2.45) is 10.8 Å². The molecule has 1 aromatic carbocycles. The summed E-state index contributed by atoms with van der Waals surface area (Å²) in [4.78, 5) is 4.48. The van der Waals surface area contributed by atoms with Gasteiger partial charge in [0.15, 0.2) is 0 Å². The Hall–Kier alpha value is -0.870. The van der Waals surface area contributed by atoms with Crippen LogP contribution in [-0.4, -0.2) is 11.9 Å². The topological polar surface area (TPSA) is 50.4 Å². The summed E-state index contributed by atoms with van der Waals surface area (Å²) in [6, 6.07) is 8.42. The quantitative estimate of drug-likeness (QED) is 0.366. The monoisotopic (exact) mass is 253 g/mol. The molecule has 1 aliphatic rings. The Kier molecular flexibility index (Phi) is 2.84. The van der Waals surface area contributed by atoms with E-state index in [4.69, 9.17) is 5.84 Å². The fourth-order valence-corrected chi connectivity index (χ4v) is 1.62. The van der Waals surface area contributed by atoms with Crippen LogP contribution in [0.25, 0.3) is 0 Å². The molecule has 0 spiro atoms. The summed E-state index contributed by atoms with van der Waals surface area (Å²) in [7, 11) is 0. The number of hydrogen-bond acceptors (Lipinski definition) is 2. The van der Waals surface area contributed by atoms with E-state index in [9.17, 15) is 0 Å². The van der Waals surface area contributed by atoms with Gasteiger partial charge in [-0.3, -0.25) is 4.99 Å². The van der Waals surface area contributed by atoms with Crippen molar-refractivity contribution in [3.05, 3.63) is 34.3 Å². The molecule has 0 heterocycles. The van der Waals surface area contributed by atoms with Crippen LogP contribution in [0, 0.1) is 0 Å². The molecule has 0 aromatic heterocycles. The van der Waals surface area contributed by atoms with Crippen LogP contribution in [0.4, 0.5) is 0 Å². The van der Waals surface area contributed by atoms with Gasteiger partial charge < -0.3 is 5.43 Å². The van der Waals surface area contributed by atoms with Gasteiger partial charge in [0, 0.05) is 10.0 Å². The SMILES string of the molecule is NNC(=NC1CC1)c1cccc(Br)c1. The second-order valence-electron chi connectivity index (χ2n) is 3.36. The second kappa shape index (κ2) is 4.11. The predicted octanol–water partition coefficient (Wildman–Crippen LogP) is 1.82. The van der Waals surface area contributed by atoms with E-state index < -0.39 is 0 Å². The van der Waals surface area contributed by atoms with Crippen LogP contribution in [0.5, 0.6) is 0 Å². The maximum absolute atomic E-state index is 5.43. The van der Waals surface area contributed by atoms with Crippen molar-refractivity contribution in [1.82, 2.24) is 5.43 Å². The largest absolute Gasteiger partial charge is 0.308 e. The van der Waals surface area contributed by atoms with E-state index in [2.05, 4.69) is 26.3 Å². The van der Waals surface area contributed by atoms with Gasteiger partial charge in [-0.25, -0.2) is 5.84 Å². The van der Waals surface area contributed by atoms with E-state index in [0.29, 0.717) is 6.04 Å². The van der Waals surface area contributed by atoms with Crippen molar-refractivity contribution in [2.75, 3.05) is 0 Å². The summed E-state index contributed by atoms with van der Waals surface area (Å²) in [6.45, 7) is 0. The highest BCUT2D eigenvalue weighted by Crippen LogP contribution is 2.24. The van der Waals surface area contributed by atoms with Crippen LogP contribution in [0.15, 0.2) is 33.7 Å². The molecule has 0 amide bonds. The number of rotatable bonds is 2. The van der Waals surface area contributed by atoms with Gasteiger partial charge in [0.25, 0.3) is 0 Å². The van der Waals surface area contributed by atoms with Crippen molar-refractivity contribution >= 4 is 21.8 Å². The molecule has 3 N–H and O–H groups in total. The minimum Gasteiger partial charge on any atom is -0.308 e. The van der Waals surface area contributed by atoms with E-state index in [1.165, 1.54) is 12.8 Å². The number of nitrogens with one attached hydrogen (secondary N) is 1. The van der Waals surface area contributed by atoms with Crippen LogP contribution in [-0.2, 0) is 0 Å². The Morgan fingerprint density at radius 3 is 2.86 bits per heavy atom. The molecule has 0 bridgehead atoms. The maximum Gasteiger partial charge on any atom is 0.142 e. The van der Waals surface area contributed by atoms with Crippen LogP contribution in [0.1, 0.15) is 18.4 Å². The molecular formula is C10H12BrN3. The first-order valence-electron chi connectivity index (χ1n) is 4.60. The van der Waals surface area contributed by atoms with Gasteiger partial charge in [-0.05, 0) is 25.0 Å². The third-order valence-electron chi connectivity index (χ3n) is 2.09. The Balaban J connectivity index is 2.26. The van der Waals surface area contributed by atoms with Gasteiger partial charge in [-0.15, -0.1) is 0 Å². The normalized spacial score (nSPS) is 16.9. The molecule has 14 heavy (non-hydrogen) atoms. The number of benzene rings is 1. The fraction of sp³-hybridized carbons (Fsp3) is 0.300. The molecule has 2 rings (SSSR count). The number of amidine groups is 1. The molecule has 0 aliphatic heterocycles. The zero-order chi connectivity index (χ0) is 9.97. The highest BCUT2D eigenvalue weighted by atomic mass is 79.9. The Morgan fingerprint density at radius 2 is 2.29 bits per heavy atom. The molecule has 1 fully saturated rings. The molecule has 1 saturated carbocycles. The zero-order valence-electron chi connectivity index (χ0n) is 7.70. The van der Waals surface area contributed by atoms with Crippen molar-refractivity contribution < 1.29 is 0 Å². The highest BCUT2D eigenvalue weighted by Gasteiger charge is 2.21. The lowest BCUT2D eigenvalue weighted by molar-refractivity contribution is 0.971. The number of nitrogens with two attached hydrogens (primary N) is 1. The first kappa shape index (κ1) is 9.68. The third kappa shape index (κ3) is 2.33. The van der Waals surface area contributed by atoms with E-state index in [1.54, 1.807) is 0 Å². The lowest BCUT2D eigenvalue weighted by Gasteiger charge is -2.05. The smallest absolute Gasteiger partial charge is 0.142 e. The molecule has 1 aromatic rings. The highest BCUT2D eigenvalue weighted by molar-refractivity contribution is 9.10. The van der Waals surface area contributed by atoms with Crippen molar-refractivity contribution in [1.29, 1.82) is 0 Å². The molecule has 0 unspecified atom stereocenters. The summed E-state index contributed by atoms with van der Waals surface area (Å²) >= 11 is 3.42. The van der Waals surface area contributed by atoms with Crippen molar-refractivity contribution in [3.8, 4) is 0 Å². The minimum absolute atomic E-state index is 0.472. The lowest BCUT2D eigenvalue weighted by Crippen LogP contribution is -2.31. The van der Waals surface area contributed by atoms with Crippen LogP contribution in [0.3, 0.4) is 0 Å². The Bertz CT molecular complexity index is 358. The number of aliphatic imine (C=N–C) groups is 1. The number of halogens is 1. The number of nitrogens with zero attached hydrogens (tertiary/aromatic N) is 1. The maximum atomic E-state index is 5.43. The minimum atomic E-state index is 0.472. The van der Waals surface area contributed by atoms with Crippen LogP contribution < -0.4 is 11.3 Å². The molecule has 1 aliphatic carbocycles. The summed E-state index contributed by atoms with van der Waals surface area (Å²) in [5.74, 6) is 6.21. The third-order valence-corrected chi connectivity index (χ3v) is 2.59. The summed E-state index contributed by atoms with van der Waals surface area (Å²) in [5.41, 5.74) is 3.67. The fourth-order valence-electron chi connectivity index (χ4n) is 1.22. The summed E-state index contributed by atoms with van der Waals surface area (Å²) in [6.07, 6.45) is 2.36. The first-order chi connectivity index (χ1) is 6.79. The van der Waals surface area contributed by atoms with E-state index >= 15 is 0 Å². The Morgan fingerprint density at radius 1 is 1.50 bits per heavy atom. The van der Waals surface area contributed by atoms with E-state index in [1.807, 2.05) is 24.3 Å². The van der Waals surface area contributed by atoms with Gasteiger partial charge in [-0.1, -0.05) is 28.1 Å². The number of hydrogen-bond donors (Lipinski definition) is 2. The van der Waals surface area contributed by atoms with Gasteiger partial charge in [-0.2, -0.15) is 0 Å². The predicted molar refractivity (Wildman–Crippen MR) is 61.0 cm³/mol. The Labute approximate surface area is 91.5 Å². The second-order valence-corrected chi connectivity index (χ2v) is 4.28. The van der Waals surface area contributed by atoms with E-state index in [-0.39, 0.29) is 0 Å². The molecule has 0 atom stereocenters. The van der Waals surface area contributed by atoms with Crippen LogP contribution >= 0.6 is 15.9 Å². The standard InChI is InChI=1S/C10H12BrN3/c11-8-3-1-2-7(6-8)10(14-12)13-9-4-5-9/h1-3,6,9H,4-5,12H2,(H,13,14). The van der Waals surface area contributed by atoms with Crippen molar-refractivity contribution in [3.63, 3.8) is 0 Å². The molecule has 3 nitrogen and oxygen atoms in total. The average molecular weight is 254 g/mol. The molecule has 0 radical (unpaired) electrons. The summed E-state index contributed by atoms with van der Waals surface area (Å²) < 4.78 is 1.04. The van der Waals surface area contributed by atoms with Gasteiger partial charge in [0.05, 0.1) is 6.04 Å². The summed E-state index contributed by atoms with van der Waals surface area (Å²) in [5, 5.41) is 0. The zero-order valence-corrected chi connectivity index (χ0v) is 9.29. The van der Waals surface area contributed by atoms with Gasteiger partial charge in [0.1, 0.15) is 5.84 Å². The van der Waals surface area contributed by atoms with Gasteiger partial charge >= 0.3 is 0 Å². The molecule has 74 valence electrons. The van der Waals surface area contributed by atoms with Crippen molar-refractivity contribution in [2.45, 2.75) is 18.9 Å². The first-order valence-corrected chi connectivity index (χ1v) is 5.39. The molecule has 4 heteroatoms. The average Bonchev–Trinajstić information content (AvgIpc) is 2.98.